The van der Waals surface area contributed by atoms with Crippen molar-refractivity contribution in [3.63, 3.8) is 0 Å². The number of benzene rings is 2. The van der Waals surface area contributed by atoms with E-state index in [2.05, 4.69) is 0 Å². The van der Waals surface area contributed by atoms with E-state index < -0.39 is 0 Å². The second-order valence-electron chi connectivity index (χ2n) is 5.49. The van der Waals surface area contributed by atoms with Crippen LogP contribution in [0.2, 0.25) is 5.02 Å². The number of halogens is 1. The van der Waals surface area contributed by atoms with Crippen LogP contribution in [0.15, 0.2) is 76.0 Å². The van der Waals surface area contributed by atoms with E-state index in [4.69, 9.17) is 25.2 Å². The first kappa shape index (κ1) is 15.5. The molecule has 0 radical (unpaired) electrons. The molecule has 124 valence electrons. The summed E-state index contributed by atoms with van der Waals surface area (Å²) in [6.07, 6.45) is 2.90. The van der Waals surface area contributed by atoms with Crippen molar-refractivity contribution in [2.75, 3.05) is 0 Å². The van der Waals surface area contributed by atoms with Crippen LogP contribution in [0.5, 0.6) is 5.75 Å². The number of fused-ring (bicyclic) bond motifs is 1. The first-order chi connectivity index (χ1) is 12.2. The summed E-state index contributed by atoms with van der Waals surface area (Å²) < 4.78 is 16.5. The molecule has 25 heavy (non-hydrogen) atoms. The zero-order valence-electron chi connectivity index (χ0n) is 13.1. The number of ether oxygens (including phenoxy) is 1. The average Bonchev–Trinajstić information content (AvgIpc) is 3.30. The fourth-order valence-electron chi connectivity index (χ4n) is 2.59. The standard InChI is InChI=1S/C20H13ClO4/c21-17-5-2-1-4-13(17)11-24-14-7-8-18-15(10-14)16(12-25-18)20(22)19-6-3-9-23-19/h1-10,12H,11H2. The van der Waals surface area contributed by atoms with Gasteiger partial charge in [0.1, 0.15) is 24.2 Å². The average molecular weight is 353 g/mol. The summed E-state index contributed by atoms with van der Waals surface area (Å²) in [5.41, 5.74) is 1.94. The molecule has 0 spiro atoms. The van der Waals surface area contributed by atoms with E-state index in [-0.39, 0.29) is 11.5 Å². The van der Waals surface area contributed by atoms with Gasteiger partial charge in [-0.3, -0.25) is 4.79 Å². The van der Waals surface area contributed by atoms with Crippen LogP contribution in [-0.2, 0) is 6.61 Å². The third kappa shape index (κ3) is 3.04. The molecule has 0 atom stereocenters. The number of hydrogen-bond acceptors (Lipinski definition) is 4. The summed E-state index contributed by atoms with van der Waals surface area (Å²) >= 11 is 6.14. The first-order valence-electron chi connectivity index (χ1n) is 7.68. The maximum Gasteiger partial charge on any atom is 0.232 e. The topological polar surface area (TPSA) is 52.6 Å². The lowest BCUT2D eigenvalue weighted by Crippen LogP contribution is -1.99. The summed E-state index contributed by atoms with van der Waals surface area (Å²) in [5, 5.41) is 1.33. The zero-order chi connectivity index (χ0) is 17.2. The van der Waals surface area contributed by atoms with Crippen LogP contribution in [0.4, 0.5) is 0 Å². The van der Waals surface area contributed by atoms with Gasteiger partial charge < -0.3 is 13.6 Å². The molecule has 4 aromatic rings. The minimum atomic E-state index is -0.230. The molecule has 0 saturated heterocycles. The molecule has 0 fully saturated rings. The molecule has 0 N–H and O–H groups in total. The van der Waals surface area contributed by atoms with Crippen molar-refractivity contribution in [3.8, 4) is 5.75 Å². The molecule has 2 aromatic carbocycles. The van der Waals surface area contributed by atoms with Crippen molar-refractivity contribution in [1.29, 1.82) is 0 Å². The minimum Gasteiger partial charge on any atom is -0.489 e. The van der Waals surface area contributed by atoms with E-state index >= 15 is 0 Å². The Morgan fingerprint density at radius 2 is 1.92 bits per heavy atom. The third-order valence-corrected chi connectivity index (χ3v) is 4.26. The summed E-state index contributed by atoms with van der Waals surface area (Å²) in [6, 6.07) is 16.2. The quantitative estimate of drug-likeness (QED) is 0.446. The second kappa shape index (κ2) is 6.49. The van der Waals surface area contributed by atoms with E-state index in [9.17, 15) is 4.79 Å². The number of carbonyl (C=O) groups excluding carboxylic acids is 1. The number of rotatable bonds is 5. The van der Waals surface area contributed by atoms with Crippen molar-refractivity contribution >= 4 is 28.4 Å². The lowest BCUT2D eigenvalue weighted by molar-refractivity contribution is 0.101. The van der Waals surface area contributed by atoms with Crippen LogP contribution >= 0.6 is 11.6 Å². The molecule has 2 aromatic heterocycles. The molecule has 0 unspecified atom stereocenters. The zero-order valence-corrected chi connectivity index (χ0v) is 13.8. The Kier molecular flexibility index (Phi) is 4.04. The molecule has 4 nitrogen and oxygen atoms in total. The van der Waals surface area contributed by atoms with Crippen LogP contribution < -0.4 is 4.74 Å². The van der Waals surface area contributed by atoms with E-state index in [0.29, 0.717) is 33.9 Å². The fraction of sp³-hybridized carbons (Fsp3) is 0.0500. The van der Waals surface area contributed by atoms with Crippen molar-refractivity contribution < 1.29 is 18.4 Å². The Bertz CT molecular complexity index is 1030. The third-order valence-electron chi connectivity index (χ3n) is 3.89. The lowest BCUT2D eigenvalue weighted by atomic mass is 10.1. The maximum atomic E-state index is 12.5. The van der Waals surface area contributed by atoms with Crippen LogP contribution in [0.3, 0.4) is 0 Å². The Hall–Kier alpha value is -2.98. The highest BCUT2D eigenvalue weighted by molar-refractivity contribution is 6.31. The van der Waals surface area contributed by atoms with Gasteiger partial charge in [-0.15, -0.1) is 0 Å². The van der Waals surface area contributed by atoms with Crippen LogP contribution in [0.25, 0.3) is 11.0 Å². The summed E-state index contributed by atoms with van der Waals surface area (Å²) in [7, 11) is 0. The normalized spacial score (nSPS) is 10.9. The highest BCUT2D eigenvalue weighted by atomic mass is 35.5. The number of furan rings is 2. The smallest absolute Gasteiger partial charge is 0.232 e. The maximum absolute atomic E-state index is 12.5. The molecule has 2 heterocycles. The van der Waals surface area contributed by atoms with Crippen LogP contribution in [-0.4, -0.2) is 5.78 Å². The molecular weight excluding hydrogens is 340 g/mol. The Morgan fingerprint density at radius 1 is 1.04 bits per heavy atom. The van der Waals surface area contributed by atoms with Crippen molar-refractivity contribution in [2.45, 2.75) is 6.61 Å². The summed E-state index contributed by atoms with van der Waals surface area (Å²) in [6.45, 7) is 0.338. The van der Waals surface area contributed by atoms with Gasteiger partial charge in [0.2, 0.25) is 5.78 Å². The van der Waals surface area contributed by atoms with Gasteiger partial charge in [0.25, 0.3) is 0 Å². The van der Waals surface area contributed by atoms with E-state index in [0.717, 1.165) is 5.56 Å². The minimum absolute atomic E-state index is 0.230. The van der Waals surface area contributed by atoms with Gasteiger partial charge in [-0.05, 0) is 36.4 Å². The summed E-state index contributed by atoms with van der Waals surface area (Å²) in [4.78, 5) is 12.5. The fourth-order valence-corrected chi connectivity index (χ4v) is 2.78. The Balaban J connectivity index is 1.62. The van der Waals surface area contributed by atoms with Crippen molar-refractivity contribution in [2.24, 2.45) is 0 Å². The molecule has 0 bridgehead atoms. The largest absolute Gasteiger partial charge is 0.489 e. The molecular formula is C20H13ClO4. The molecule has 0 amide bonds. The first-order valence-corrected chi connectivity index (χ1v) is 8.06. The van der Waals surface area contributed by atoms with Crippen molar-refractivity contribution in [3.05, 3.63) is 89.0 Å². The van der Waals surface area contributed by atoms with Gasteiger partial charge in [-0.25, -0.2) is 0 Å². The van der Waals surface area contributed by atoms with E-state index in [1.165, 1.54) is 12.5 Å². The second-order valence-corrected chi connectivity index (χ2v) is 5.90. The predicted octanol–water partition coefficient (Wildman–Crippen LogP) is 5.49. The van der Waals surface area contributed by atoms with Gasteiger partial charge in [-0.1, -0.05) is 29.8 Å². The van der Waals surface area contributed by atoms with Gasteiger partial charge >= 0.3 is 0 Å². The van der Waals surface area contributed by atoms with E-state index in [1.54, 1.807) is 30.3 Å². The molecule has 5 heteroatoms. The number of ketones is 1. The highest BCUT2D eigenvalue weighted by Gasteiger charge is 2.18. The summed E-state index contributed by atoms with van der Waals surface area (Å²) in [5.74, 6) is 0.666. The monoisotopic (exact) mass is 352 g/mol. The predicted molar refractivity (Wildman–Crippen MR) is 94.1 cm³/mol. The van der Waals surface area contributed by atoms with Gasteiger partial charge in [-0.2, -0.15) is 0 Å². The lowest BCUT2D eigenvalue weighted by Gasteiger charge is -2.08. The van der Waals surface area contributed by atoms with E-state index in [1.807, 2.05) is 24.3 Å². The molecule has 0 saturated carbocycles. The van der Waals surface area contributed by atoms with Crippen LogP contribution in [0, 0.1) is 0 Å². The Labute approximate surface area is 148 Å². The SMILES string of the molecule is O=C(c1ccco1)c1coc2ccc(OCc3ccccc3Cl)cc12. The van der Waals surface area contributed by atoms with Gasteiger partial charge in [0.15, 0.2) is 5.76 Å². The Morgan fingerprint density at radius 3 is 2.72 bits per heavy atom. The molecule has 0 aliphatic rings. The van der Waals surface area contributed by atoms with Crippen molar-refractivity contribution in [1.82, 2.24) is 0 Å². The number of hydrogen-bond donors (Lipinski definition) is 0. The highest BCUT2D eigenvalue weighted by Crippen LogP contribution is 2.28. The van der Waals surface area contributed by atoms with Crippen LogP contribution in [0.1, 0.15) is 21.7 Å². The molecule has 0 aliphatic carbocycles. The van der Waals surface area contributed by atoms with Gasteiger partial charge in [0, 0.05) is 16.0 Å². The van der Waals surface area contributed by atoms with Gasteiger partial charge in [0.05, 0.1) is 11.8 Å². The number of carbonyl (C=O) groups is 1. The molecule has 4 rings (SSSR count). The molecule has 0 aliphatic heterocycles.